The van der Waals surface area contributed by atoms with E-state index < -0.39 is 0 Å². The number of para-hydroxylation sites is 1. The molecule has 1 fully saturated rings. The number of pyridine rings is 1. The lowest BCUT2D eigenvalue weighted by molar-refractivity contribution is -0.383. The number of anilines is 2. The van der Waals surface area contributed by atoms with Crippen LogP contribution in [0.15, 0.2) is 60.9 Å². The van der Waals surface area contributed by atoms with Crippen LogP contribution in [0.1, 0.15) is 12.8 Å². The highest BCUT2D eigenvalue weighted by atomic mass is 16.6. The lowest BCUT2D eigenvalue weighted by Gasteiger charge is -2.32. The van der Waals surface area contributed by atoms with Gasteiger partial charge in [-0.25, -0.2) is 0 Å². The van der Waals surface area contributed by atoms with E-state index in [4.69, 9.17) is 0 Å². The van der Waals surface area contributed by atoms with Crippen LogP contribution in [0.2, 0.25) is 0 Å². The summed E-state index contributed by atoms with van der Waals surface area (Å²) in [6.45, 7) is 1.99. The van der Waals surface area contributed by atoms with Gasteiger partial charge in [-0.1, -0.05) is 18.2 Å². The van der Waals surface area contributed by atoms with Crippen LogP contribution in [0.5, 0.6) is 0 Å². The summed E-state index contributed by atoms with van der Waals surface area (Å²) in [5.41, 5.74) is 1.74. The molecule has 30 heavy (non-hydrogen) atoms. The first-order chi connectivity index (χ1) is 14.6. The molecule has 2 heterocycles. The van der Waals surface area contributed by atoms with E-state index in [-0.39, 0.29) is 22.6 Å². The van der Waals surface area contributed by atoms with Crippen LogP contribution in [-0.2, 0) is 4.79 Å². The SMILES string of the molecule is O=C(CN1CCC(Nc2ccc([N+](=O)[O-])c3cnccc23)CC1)Nc1ccccc1. The number of aromatic nitrogens is 1. The Morgan fingerprint density at radius 3 is 2.60 bits per heavy atom. The number of piperidine rings is 1. The maximum atomic E-state index is 12.3. The molecule has 0 spiro atoms. The maximum absolute atomic E-state index is 12.3. The number of hydrogen-bond donors (Lipinski definition) is 2. The number of rotatable bonds is 6. The molecule has 1 saturated heterocycles. The third-order valence-corrected chi connectivity index (χ3v) is 5.36. The van der Waals surface area contributed by atoms with Crippen molar-refractivity contribution in [3.8, 4) is 0 Å². The Morgan fingerprint density at radius 1 is 1.10 bits per heavy atom. The Balaban J connectivity index is 1.35. The predicted octanol–water partition coefficient (Wildman–Crippen LogP) is 3.66. The number of nitro benzene ring substituents is 1. The van der Waals surface area contributed by atoms with E-state index in [0.29, 0.717) is 11.9 Å². The van der Waals surface area contributed by atoms with Crippen molar-refractivity contribution >= 4 is 33.7 Å². The molecule has 4 rings (SSSR count). The van der Waals surface area contributed by atoms with Crippen LogP contribution in [-0.4, -0.2) is 46.4 Å². The molecule has 3 aromatic rings. The fourth-order valence-electron chi connectivity index (χ4n) is 3.84. The Labute approximate surface area is 174 Å². The van der Waals surface area contributed by atoms with Crippen molar-refractivity contribution in [1.82, 2.24) is 9.88 Å². The van der Waals surface area contributed by atoms with Crippen LogP contribution < -0.4 is 10.6 Å². The molecule has 1 aromatic heterocycles. The number of benzene rings is 2. The van der Waals surface area contributed by atoms with E-state index in [1.165, 1.54) is 12.3 Å². The molecule has 8 heteroatoms. The van der Waals surface area contributed by atoms with E-state index in [9.17, 15) is 14.9 Å². The monoisotopic (exact) mass is 405 g/mol. The van der Waals surface area contributed by atoms with Gasteiger partial charge >= 0.3 is 0 Å². The lowest BCUT2D eigenvalue weighted by Crippen LogP contribution is -2.42. The third-order valence-electron chi connectivity index (χ3n) is 5.36. The number of non-ortho nitro benzene ring substituents is 1. The standard InChI is InChI=1S/C22H23N5O3/c28-22(25-16-4-2-1-3-5-16)15-26-12-9-17(10-13-26)24-20-6-7-21(27(29)30)19-14-23-11-8-18(19)20/h1-8,11,14,17,24H,9-10,12-13,15H2,(H,25,28). The van der Waals surface area contributed by atoms with Crippen molar-refractivity contribution in [2.24, 2.45) is 0 Å². The smallest absolute Gasteiger partial charge is 0.278 e. The first-order valence-electron chi connectivity index (χ1n) is 9.95. The number of fused-ring (bicyclic) bond motifs is 1. The van der Waals surface area contributed by atoms with Crippen molar-refractivity contribution in [3.63, 3.8) is 0 Å². The summed E-state index contributed by atoms with van der Waals surface area (Å²) < 4.78 is 0. The van der Waals surface area contributed by atoms with Crippen molar-refractivity contribution in [1.29, 1.82) is 0 Å². The minimum atomic E-state index is -0.382. The number of nitrogens with one attached hydrogen (secondary N) is 2. The minimum Gasteiger partial charge on any atom is -0.382 e. The summed E-state index contributed by atoms with van der Waals surface area (Å²) >= 11 is 0. The van der Waals surface area contributed by atoms with Gasteiger partial charge in [0.2, 0.25) is 5.91 Å². The van der Waals surface area contributed by atoms with Crippen molar-refractivity contribution in [2.75, 3.05) is 30.3 Å². The molecule has 1 aliphatic heterocycles. The van der Waals surface area contributed by atoms with Gasteiger partial charge in [-0.15, -0.1) is 0 Å². The Kier molecular flexibility index (Phi) is 5.85. The zero-order chi connectivity index (χ0) is 20.9. The highest BCUT2D eigenvalue weighted by Crippen LogP contribution is 2.31. The molecule has 0 unspecified atom stereocenters. The molecule has 0 saturated carbocycles. The summed E-state index contributed by atoms with van der Waals surface area (Å²) in [4.78, 5) is 29.3. The van der Waals surface area contributed by atoms with Gasteiger partial charge in [-0.05, 0) is 37.1 Å². The van der Waals surface area contributed by atoms with Gasteiger partial charge in [-0.3, -0.25) is 24.8 Å². The average molecular weight is 405 g/mol. The zero-order valence-corrected chi connectivity index (χ0v) is 16.5. The molecule has 1 aliphatic rings. The number of hydrogen-bond acceptors (Lipinski definition) is 6. The van der Waals surface area contributed by atoms with Gasteiger partial charge in [0.05, 0.1) is 16.9 Å². The number of carbonyl (C=O) groups is 1. The molecule has 2 N–H and O–H groups in total. The molecular formula is C22H23N5O3. The maximum Gasteiger partial charge on any atom is 0.278 e. The Bertz CT molecular complexity index is 1050. The van der Waals surface area contributed by atoms with Crippen LogP contribution in [0.3, 0.4) is 0 Å². The summed E-state index contributed by atoms with van der Waals surface area (Å²) in [5, 5.41) is 19.0. The van der Waals surface area contributed by atoms with Crippen LogP contribution in [0.25, 0.3) is 10.8 Å². The molecule has 0 atom stereocenters. The summed E-state index contributed by atoms with van der Waals surface area (Å²) in [6, 6.07) is 14.8. The second-order valence-corrected chi connectivity index (χ2v) is 7.42. The second kappa shape index (κ2) is 8.87. The normalized spacial score (nSPS) is 15.1. The highest BCUT2D eigenvalue weighted by Gasteiger charge is 2.22. The van der Waals surface area contributed by atoms with Gasteiger partial charge < -0.3 is 10.6 Å². The predicted molar refractivity (Wildman–Crippen MR) is 117 cm³/mol. The minimum absolute atomic E-state index is 0.0125. The van der Waals surface area contributed by atoms with E-state index in [1.807, 2.05) is 30.3 Å². The third kappa shape index (κ3) is 4.55. The van der Waals surface area contributed by atoms with E-state index in [1.54, 1.807) is 18.3 Å². The summed E-state index contributed by atoms with van der Waals surface area (Å²) in [5.74, 6) is -0.0125. The molecule has 0 bridgehead atoms. The molecule has 8 nitrogen and oxygen atoms in total. The van der Waals surface area contributed by atoms with Crippen molar-refractivity contribution < 1.29 is 9.72 Å². The molecule has 2 aromatic carbocycles. The Morgan fingerprint density at radius 2 is 1.87 bits per heavy atom. The van der Waals surface area contributed by atoms with Gasteiger partial charge in [0.25, 0.3) is 5.69 Å². The zero-order valence-electron chi connectivity index (χ0n) is 16.5. The first-order valence-corrected chi connectivity index (χ1v) is 9.95. The van der Waals surface area contributed by atoms with Crippen molar-refractivity contribution in [2.45, 2.75) is 18.9 Å². The van der Waals surface area contributed by atoms with Crippen LogP contribution in [0.4, 0.5) is 17.1 Å². The molecule has 0 radical (unpaired) electrons. The van der Waals surface area contributed by atoms with Crippen LogP contribution >= 0.6 is 0 Å². The number of amides is 1. The van der Waals surface area contributed by atoms with Crippen molar-refractivity contribution in [3.05, 3.63) is 71.0 Å². The number of nitro groups is 1. The quantitative estimate of drug-likeness (QED) is 0.480. The molecule has 0 aliphatic carbocycles. The van der Waals surface area contributed by atoms with E-state index in [2.05, 4.69) is 20.5 Å². The van der Waals surface area contributed by atoms with Gasteiger partial charge in [0, 0.05) is 54.4 Å². The van der Waals surface area contributed by atoms with E-state index in [0.717, 1.165) is 42.7 Å². The molecule has 1 amide bonds. The van der Waals surface area contributed by atoms with Gasteiger partial charge in [0.1, 0.15) is 0 Å². The average Bonchev–Trinajstić information content (AvgIpc) is 2.76. The van der Waals surface area contributed by atoms with Gasteiger partial charge in [-0.2, -0.15) is 0 Å². The number of likely N-dealkylation sites (tertiary alicyclic amines) is 1. The fraction of sp³-hybridized carbons (Fsp3) is 0.273. The fourth-order valence-corrected chi connectivity index (χ4v) is 3.84. The largest absolute Gasteiger partial charge is 0.382 e. The van der Waals surface area contributed by atoms with Gasteiger partial charge in [0.15, 0.2) is 0 Å². The first kappa shape index (κ1) is 19.8. The summed E-state index contributed by atoms with van der Waals surface area (Å²) in [6.07, 6.45) is 4.96. The second-order valence-electron chi connectivity index (χ2n) is 7.42. The topological polar surface area (TPSA) is 100 Å². The molecule has 154 valence electrons. The highest BCUT2D eigenvalue weighted by molar-refractivity contribution is 5.99. The number of nitrogens with zero attached hydrogens (tertiary/aromatic N) is 3. The lowest BCUT2D eigenvalue weighted by atomic mass is 10.0. The molecular weight excluding hydrogens is 382 g/mol. The number of carbonyl (C=O) groups excluding carboxylic acids is 1. The van der Waals surface area contributed by atoms with Crippen LogP contribution in [0, 0.1) is 10.1 Å². The van der Waals surface area contributed by atoms with E-state index >= 15 is 0 Å². The Hall–Kier alpha value is -3.52. The summed E-state index contributed by atoms with van der Waals surface area (Å²) in [7, 11) is 0.